The molecule has 0 spiro atoms. The zero-order valence-corrected chi connectivity index (χ0v) is 8.27. The van der Waals surface area contributed by atoms with Crippen LogP contribution < -0.4 is 5.73 Å². The summed E-state index contributed by atoms with van der Waals surface area (Å²) in [6.07, 6.45) is 0. The number of nitro groups is 1. The van der Waals surface area contributed by atoms with Crippen LogP contribution in [-0.4, -0.2) is 17.9 Å². The van der Waals surface area contributed by atoms with Gasteiger partial charge >= 0.3 is 0 Å². The number of anilines is 1. The standard InChI is InChI=1S/C7H8N2O5S/c8-6-2-1-5(4-15(12,13)14)7(3-6)9(10)11/h1-3H,4,8H2,(H,12,13,14). The van der Waals surface area contributed by atoms with Gasteiger partial charge in [-0.25, -0.2) is 0 Å². The van der Waals surface area contributed by atoms with Crippen LogP contribution in [0.3, 0.4) is 0 Å². The molecule has 0 bridgehead atoms. The number of hydrogen-bond acceptors (Lipinski definition) is 5. The van der Waals surface area contributed by atoms with Gasteiger partial charge in [0, 0.05) is 17.3 Å². The minimum atomic E-state index is -4.29. The summed E-state index contributed by atoms with van der Waals surface area (Å²) in [6.45, 7) is 0. The third kappa shape index (κ3) is 3.18. The topological polar surface area (TPSA) is 124 Å². The second kappa shape index (κ2) is 3.83. The van der Waals surface area contributed by atoms with Crippen LogP contribution >= 0.6 is 0 Å². The molecule has 0 radical (unpaired) electrons. The van der Waals surface area contributed by atoms with Crippen molar-refractivity contribution in [3.63, 3.8) is 0 Å². The van der Waals surface area contributed by atoms with E-state index in [1.807, 2.05) is 0 Å². The molecule has 82 valence electrons. The number of hydrogen-bond donors (Lipinski definition) is 2. The lowest BCUT2D eigenvalue weighted by atomic mass is 10.2. The fourth-order valence-electron chi connectivity index (χ4n) is 1.07. The fourth-order valence-corrected chi connectivity index (χ4v) is 1.71. The van der Waals surface area contributed by atoms with Crippen molar-refractivity contribution in [1.29, 1.82) is 0 Å². The van der Waals surface area contributed by atoms with E-state index in [0.717, 1.165) is 6.07 Å². The SMILES string of the molecule is Nc1ccc(CS(=O)(=O)O)c([N+](=O)[O-])c1. The number of nitrogens with two attached hydrogens (primary N) is 1. The molecule has 0 saturated carbocycles. The second-order valence-electron chi connectivity index (χ2n) is 2.87. The summed E-state index contributed by atoms with van der Waals surface area (Å²) >= 11 is 0. The maximum Gasteiger partial charge on any atom is 0.275 e. The van der Waals surface area contributed by atoms with E-state index < -0.39 is 26.5 Å². The van der Waals surface area contributed by atoms with Crippen molar-refractivity contribution < 1.29 is 17.9 Å². The lowest BCUT2D eigenvalue weighted by Gasteiger charge is -2.01. The van der Waals surface area contributed by atoms with Crippen molar-refractivity contribution in [2.24, 2.45) is 0 Å². The Bertz CT molecular complexity index is 496. The highest BCUT2D eigenvalue weighted by Crippen LogP contribution is 2.23. The Hall–Kier alpha value is -1.67. The fraction of sp³-hybridized carbons (Fsp3) is 0.143. The Kier molecular flexibility index (Phi) is 2.91. The molecule has 1 aromatic rings. The summed E-state index contributed by atoms with van der Waals surface area (Å²) in [4.78, 5) is 9.78. The van der Waals surface area contributed by atoms with E-state index in [-0.39, 0.29) is 11.3 Å². The Morgan fingerprint density at radius 3 is 2.53 bits per heavy atom. The molecule has 8 heteroatoms. The molecule has 0 aliphatic heterocycles. The average molecular weight is 232 g/mol. The molecule has 3 N–H and O–H groups in total. The molecule has 7 nitrogen and oxygen atoms in total. The lowest BCUT2D eigenvalue weighted by molar-refractivity contribution is -0.385. The highest BCUT2D eigenvalue weighted by atomic mass is 32.2. The van der Waals surface area contributed by atoms with Crippen molar-refractivity contribution in [3.05, 3.63) is 33.9 Å². The van der Waals surface area contributed by atoms with Crippen molar-refractivity contribution in [2.75, 3.05) is 5.73 Å². The first-order chi connectivity index (χ1) is 6.79. The first-order valence-corrected chi connectivity index (χ1v) is 5.38. The summed E-state index contributed by atoms with van der Waals surface area (Å²) < 4.78 is 29.7. The van der Waals surface area contributed by atoms with Gasteiger partial charge in [-0.1, -0.05) is 0 Å². The van der Waals surface area contributed by atoms with Gasteiger partial charge in [-0.15, -0.1) is 0 Å². The van der Waals surface area contributed by atoms with E-state index in [1.165, 1.54) is 12.1 Å². The van der Waals surface area contributed by atoms with E-state index in [1.54, 1.807) is 0 Å². The average Bonchev–Trinajstić information content (AvgIpc) is 2.05. The third-order valence-electron chi connectivity index (χ3n) is 1.64. The van der Waals surface area contributed by atoms with Crippen molar-refractivity contribution in [2.45, 2.75) is 5.75 Å². The Balaban J connectivity index is 3.24. The van der Waals surface area contributed by atoms with Crippen molar-refractivity contribution in [3.8, 4) is 0 Å². The molecule has 0 amide bonds. The van der Waals surface area contributed by atoms with Gasteiger partial charge in [0.25, 0.3) is 15.8 Å². The number of rotatable bonds is 3. The van der Waals surface area contributed by atoms with Gasteiger partial charge in [-0.3, -0.25) is 14.7 Å². The van der Waals surface area contributed by atoms with Gasteiger partial charge < -0.3 is 5.73 Å². The highest BCUT2D eigenvalue weighted by Gasteiger charge is 2.18. The van der Waals surface area contributed by atoms with Crippen LogP contribution in [0.25, 0.3) is 0 Å². The summed E-state index contributed by atoms with van der Waals surface area (Å²) in [5.74, 6) is -0.802. The van der Waals surface area contributed by atoms with Gasteiger partial charge in [0.15, 0.2) is 0 Å². The summed E-state index contributed by atoms with van der Waals surface area (Å²) in [5, 5.41) is 10.5. The zero-order chi connectivity index (χ0) is 11.6. The maximum absolute atomic E-state index is 10.6. The first kappa shape index (κ1) is 11.4. The highest BCUT2D eigenvalue weighted by molar-refractivity contribution is 7.85. The smallest absolute Gasteiger partial charge is 0.275 e. The minimum absolute atomic E-state index is 0.100. The Morgan fingerprint density at radius 1 is 1.47 bits per heavy atom. The maximum atomic E-state index is 10.6. The predicted molar refractivity (Wildman–Crippen MR) is 52.8 cm³/mol. The van der Waals surface area contributed by atoms with E-state index in [4.69, 9.17) is 10.3 Å². The van der Waals surface area contributed by atoms with Gasteiger partial charge in [-0.05, 0) is 12.1 Å². The molecule has 0 aliphatic carbocycles. The predicted octanol–water partition coefficient (Wildman–Crippen LogP) is 0.565. The van der Waals surface area contributed by atoms with Crippen LogP contribution in [0.1, 0.15) is 5.56 Å². The van der Waals surface area contributed by atoms with Gasteiger partial charge in [0.05, 0.1) is 4.92 Å². The summed E-state index contributed by atoms with van der Waals surface area (Å²) in [6, 6.07) is 3.56. The number of nitrogen functional groups attached to an aromatic ring is 1. The second-order valence-corrected chi connectivity index (χ2v) is 4.32. The van der Waals surface area contributed by atoms with Crippen molar-refractivity contribution >= 4 is 21.5 Å². The van der Waals surface area contributed by atoms with Crippen LogP contribution in [0.4, 0.5) is 11.4 Å². The van der Waals surface area contributed by atoms with E-state index >= 15 is 0 Å². The van der Waals surface area contributed by atoms with Gasteiger partial charge in [0.1, 0.15) is 5.75 Å². The van der Waals surface area contributed by atoms with Crippen LogP contribution in [0.2, 0.25) is 0 Å². The third-order valence-corrected chi connectivity index (χ3v) is 2.32. The zero-order valence-electron chi connectivity index (χ0n) is 7.45. The normalized spacial score (nSPS) is 11.3. The molecule has 0 atom stereocenters. The quantitative estimate of drug-likeness (QED) is 0.339. The molecular weight excluding hydrogens is 224 g/mol. The molecule has 15 heavy (non-hydrogen) atoms. The largest absolute Gasteiger partial charge is 0.399 e. The summed E-state index contributed by atoms with van der Waals surface area (Å²) in [5.41, 5.74) is 4.94. The Labute approximate surface area is 85.4 Å². The molecular formula is C7H8N2O5S. The van der Waals surface area contributed by atoms with E-state index in [0.29, 0.717) is 0 Å². The van der Waals surface area contributed by atoms with Crippen molar-refractivity contribution in [1.82, 2.24) is 0 Å². The van der Waals surface area contributed by atoms with E-state index in [2.05, 4.69) is 0 Å². The first-order valence-electron chi connectivity index (χ1n) is 3.77. The Morgan fingerprint density at radius 2 is 2.07 bits per heavy atom. The molecule has 1 aromatic carbocycles. The van der Waals surface area contributed by atoms with Crippen LogP contribution in [0.15, 0.2) is 18.2 Å². The minimum Gasteiger partial charge on any atom is -0.399 e. The van der Waals surface area contributed by atoms with Gasteiger partial charge in [-0.2, -0.15) is 8.42 Å². The molecule has 0 fully saturated rings. The summed E-state index contributed by atoms with van der Waals surface area (Å²) in [7, 11) is -4.29. The number of nitro benzene ring substituents is 1. The van der Waals surface area contributed by atoms with E-state index in [9.17, 15) is 18.5 Å². The molecule has 0 aromatic heterocycles. The van der Waals surface area contributed by atoms with Crippen LogP contribution in [0.5, 0.6) is 0 Å². The molecule has 0 heterocycles. The van der Waals surface area contributed by atoms with Crippen LogP contribution in [-0.2, 0) is 15.9 Å². The van der Waals surface area contributed by atoms with Crippen LogP contribution in [0, 0.1) is 10.1 Å². The van der Waals surface area contributed by atoms with Gasteiger partial charge in [0.2, 0.25) is 0 Å². The molecule has 1 rings (SSSR count). The number of benzene rings is 1. The molecule has 0 unspecified atom stereocenters. The molecule has 0 aliphatic rings. The lowest BCUT2D eigenvalue weighted by Crippen LogP contribution is -2.05. The number of nitrogens with zero attached hydrogens (tertiary/aromatic N) is 1. The molecule has 0 saturated heterocycles. The monoisotopic (exact) mass is 232 g/mol.